The van der Waals surface area contributed by atoms with Gasteiger partial charge in [0.05, 0.1) is 24.9 Å². The van der Waals surface area contributed by atoms with Gasteiger partial charge in [-0.3, -0.25) is 4.79 Å². The summed E-state index contributed by atoms with van der Waals surface area (Å²) in [6.07, 6.45) is 28.8. The second-order valence-corrected chi connectivity index (χ2v) is 13.2. The molecule has 266 valence electrons. The third kappa shape index (κ3) is 20.1. The molecule has 7 heteroatoms. The Hall–Kier alpha value is -0.990. The van der Waals surface area contributed by atoms with E-state index in [0.29, 0.717) is 19.6 Å². The van der Waals surface area contributed by atoms with Crippen LogP contribution in [-0.4, -0.2) is 71.1 Å². The van der Waals surface area contributed by atoms with Crippen LogP contribution in [0.1, 0.15) is 156 Å². The molecule has 45 heavy (non-hydrogen) atoms. The number of methoxy groups -OCH3 is 3. The number of unbranched alkanes of at least 4 members (excludes halogenated alkanes) is 15. The first-order valence-corrected chi connectivity index (χ1v) is 18.8. The molecule has 1 aliphatic heterocycles. The van der Waals surface area contributed by atoms with Crippen LogP contribution in [0.15, 0.2) is 12.2 Å². The maximum Gasteiger partial charge on any atom is 0.220 e. The van der Waals surface area contributed by atoms with Crippen LogP contribution in [0.4, 0.5) is 0 Å². The topological polar surface area (TPSA) is 75.3 Å². The molecule has 1 rings (SSSR count). The van der Waals surface area contributed by atoms with Gasteiger partial charge in [0.25, 0.3) is 0 Å². The van der Waals surface area contributed by atoms with Gasteiger partial charge in [-0.2, -0.15) is 0 Å². The predicted molar refractivity (Wildman–Crippen MR) is 187 cm³/mol. The molecular weight excluding hydrogens is 566 g/mol. The van der Waals surface area contributed by atoms with E-state index in [9.17, 15) is 4.79 Å². The average molecular weight is 640 g/mol. The molecule has 0 aliphatic carbocycles. The number of carbonyl (C=O) groups is 1. The minimum Gasteiger partial charge on any atom is -0.382 e. The van der Waals surface area contributed by atoms with Crippen molar-refractivity contribution in [3.63, 3.8) is 0 Å². The van der Waals surface area contributed by atoms with Gasteiger partial charge in [-0.15, -0.1) is 0 Å². The van der Waals surface area contributed by atoms with Crippen molar-refractivity contribution in [2.75, 3.05) is 34.5 Å². The molecule has 0 bridgehead atoms. The van der Waals surface area contributed by atoms with Crippen molar-refractivity contribution in [3.8, 4) is 0 Å². The highest BCUT2D eigenvalue weighted by atomic mass is 16.7. The summed E-state index contributed by atoms with van der Waals surface area (Å²) in [5, 5.41) is 3.23. The third-order valence-corrected chi connectivity index (χ3v) is 9.33. The second-order valence-electron chi connectivity index (χ2n) is 13.2. The highest BCUT2D eigenvalue weighted by Gasteiger charge is 2.45. The third-order valence-electron chi connectivity index (χ3n) is 9.33. The van der Waals surface area contributed by atoms with Crippen LogP contribution in [0.3, 0.4) is 0 Å². The first-order chi connectivity index (χ1) is 22.0. The van der Waals surface area contributed by atoms with Gasteiger partial charge in [-0.25, -0.2) is 0 Å². The lowest BCUT2D eigenvalue weighted by Crippen LogP contribution is -2.62. The van der Waals surface area contributed by atoms with E-state index in [2.05, 4.69) is 38.2 Å². The Morgan fingerprint density at radius 2 is 1.36 bits per heavy atom. The number of hydrogen-bond donors (Lipinski definition) is 1. The van der Waals surface area contributed by atoms with Gasteiger partial charge in [-0.05, 0) is 44.9 Å². The minimum atomic E-state index is -0.581. The van der Waals surface area contributed by atoms with Gasteiger partial charge >= 0.3 is 0 Å². The van der Waals surface area contributed by atoms with Crippen molar-refractivity contribution in [2.24, 2.45) is 5.92 Å². The number of allylic oxidation sites excluding steroid dienone is 2. The molecule has 0 radical (unpaired) electrons. The Morgan fingerprint density at radius 3 is 1.96 bits per heavy atom. The van der Waals surface area contributed by atoms with Gasteiger partial charge in [0.15, 0.2) is 6.29 Å². The quantitative estimate of drug-likeness (QED) is 0.0624. The summed E-state index contributed by atoms with van der Waals surface area (Å²) in [6, 6.07) is -0.369. The van der Waals surface area contributed by atoms with Crippen LogP contribution in [0.25, 0.3) is 0 Å². The molecular formula is C38H73NO6. The second kappa shape index (κ2) is 29.2. The average Bonchev–Trinajstić information content (AvgIpc) is 3.04. The lowest BCUT2D eigenvalue weighted by molar-refractivity contribution is -0.255. The standard InChI is InChI=1S/C38H73NO6/c1-7-9-11-13-14-15-16-17-18-19-20-21-22-24-26-28-35(40)39-36-37(32(3)34(31-41-4)45-38(36)43-6)44-30-29-33(42-5)27-25-23-12-10-8-2/h15-16,32-34,36-38H,7-14,17-31H2,1-6H3,(H,39,40)/b16-15-. The Labute approximate surface area is 278 Å². The maximum atomic E-state index is 13.1. The lowest BCUT2D eigenvalue weighted by Gasteiger charge is -2.45. The summed E-state index contributed by atoms with van der Waals surface area (Å²) in [6.45, 7) is 7.65. The van der Waals surface area contributed by atoms with Gasteiger partial charge in [-0.1, -0.05) is 116 Å². The van der Waals surface area contributed by atoms with E-state index in [-0.39, 0.29) is 36.2 Å². The molecule has 1 aliphatic rings. The first-order valence-electron chi connectivity index (χ1n) is 18.8. The molecule has 6 unspecified atom stereocenters. The molecule has 1 fully saturated rings. The van der Waals surface area contributed by atoms with E-state index in [1.54, 1.807) is 21.3 Å². The van der Waals surface area contributed by atoms with Crippen LogP contribution in [-0.2, 0) is 28.5 Å². The zero-order chi connectivity index (χ0) is 33.0. The monoisotopic (exact) mass is 640 g/mol. The molecule has 7 nitrogen and oxygen atoms in total. The molecule has 1 heterocycles. The number of ether oxygens (including phenoxy) is 5. The van der Waals surface area contributed by atoms with E-state index in [1.807, 2.05) is 0 Å². The van der Waals surface area contributed by atoms with E-state index in [1.165, 1.54) is 103 Å². The van der Waals surface area contributed by atoms with E-state index in [4.69, 9.17) is 23.7 Å². The molecule has 0 saturated carbocycles. The summed E-state index contributed by atoms with van der Waals surface area (Å²) < 4.78 is 29.7. The normalized spacial score (nSPS) is 22.7. The van der Waals surface area contributed by atoms with Crippen LogP contribution < -0.4 is 5.32 Å². The molecule has 1 saturated heterocycles. The Balaban J connectivity index is 2.42. The number of hydrogen-bond acceptors (Lipinski definition) is 6. The van der Waals surface area contributed by atoms with Crippen LogP contribution >= 0.6 is 0 Å². The van der Waals surface area contributed by atoms with Gasteiger partial charge in [0.2, 0.25) is 5.91 Å². The summed E-state index contributed by atoms with van der Waals surface area (Å²) in [5.74, 6) is 0.0814. The highest BCUT2D eigenvalue weighted by Crippen LogP contribution is 2.30. The molecule has 0 aromatic heterocycles. The molecule has 0 aromatic carbocycles. The fourth-order valence-electron chi connectivity index (χ4n) is 6.34. The maximum absolute atomic E-state index is 13.1. The SMILES string of the molecule is CCCCCC/C=C\CCCCCCCCCC(=O)NC1C(OC)OC(COC)C(C)C1OCCC(CCCCCCC)OC. The highest BCUT2D eigenvalue weighted by molar-refractivity contribution is 5.76. The van der Waals surface area contributed by atoms with Gasteiger partial charge in [0.1, 0.15) is 6.04 Å². The Morgan fingerprint density at radius 1 is 0.778 bits per heavy atom. The summed E-state index contributed by atoms with van der Waals surface area (Å²) in [5.41, 5.74) is 0. The number of amides is 1. The fraction of sp³-hybridized carbons (Fsp3) is 0.921. The van der Waals surface area contributed by atoms with E-state index < -0.39 is 6.29 Å². The molecule has 1 amide bonds. The predicted octanol–water partition coefficient (Wildman–Crippen LogP) is 9.31. The summed E-state index contributed by atoms with van der Waals surface area (Å²) in [7, 11) is 5.10. The Kier molecular flexibility index (Phi) is 27.2. The van der Waals surface area contributed by atoms with Gasteiger partial charge in [0, 0.05) is 40.3 Å². The molecule has 0 aromatic rings. The molecule has 0 spiro atoms. The number of carbonyl (C=O) groups excluding carboxylic acids is 1. The zero-order valence-corrected chi connectivity index (χ0v) is 30.3. The minimum absolute atomic E-state index is 0.0398. The lowest BCUT2D eigenvalue weighted by atomic mass is 9.88. The van der Waals surface area contributed by atoms with E-state index in [0.717, 1.165) is 25.7 Å². The fourth-order valence-corrected chi connectivity index (χ4v) is 6.34. The Bertz CT molecular complexity index is 704. The molecule has 6 atom stereocenters. The zero-order valence-electron chi connectivity index (χ0n) is 30.3. The smallest absolute Gasteiger partial charge is 0.220 e. The largest absolute Gasteiger partial charge is 0.382 e. The van der Waals surface area contributed by atoms with Crippen molar-refractivity contribution in [2.45, 2.75) is 186 Å². The van der Waals surface area contributed by atoms with Crippen LogP contribution in [0, 0.1) is 5.92 Å². The van der Waals surface area contributed by atoms with Crippen molar-refractivity contribution in [1.82, 2.24) is 5.32 Å². The van der Waals surface area contributed by atoms with Crippen molar-refractivity contribution < 1.29 is 28.5 Å². The summed E-state index contributed by atoms with van der Waals surface area (Å²) >= 11 is 0. The van der Waals surface area contributed by atoms with Crippen LogP contribution in [0.5, 0.6) is 0 Å². The van der Waals surface area contributed by atoms with Crippen LogP contribution in [0.2, 0.25) is 0 Å². The first kappa shape index (κ1) is 42.0. The molecule has 1 N–H and O–H groups in total. The number of rotatable bonds is 30. The van der Waals surface area contributed by atoms with Crippen molar-refractivity contribution in [1.29, 1.82) is 0 Å². The summed E-state index contributed by atoms with van der Waals surface area (Å²) in [4.78, 5) is 13.1. The van der Waals surface area contributed by atoms with E-state index >= 15 is 0 Å². The number of nitrogens with one attached hydrogen (secondary N) is 1. The van der Waals surface area contributed by atoms with Crippen molar-refractivity contribution in [3.05, 3.63) is 12.2 Å². The van der Waals surface area contributed by atoms with Gasteiger partial charge < -0.3 is 29.0 Å². The van der Waals surface area contributed by atoms with Crippen molar-refractivity contribution >= 4 is 5.91 Å².